The molecule has 116 valence electrons. The van der Waals surface area contributed by atoms with Gasteiger partial charge in [-0.2, -0.15) is 0 Å². The Morgan fingerprint density at radius 3 is 2.61 bits per heavy atom. The van der Waals surface area contributed by atoms with Crippen molar-refractivity contribution in [2.45, 2.75) is 13.0 Å². The first-order valence-electron chi connectivity index (χ1n) is 7.06. The van der Waals surface area contributed by atoms with Crippen LogP contribution in [0.4, 0.5) is 0 Å². The molecule has 0 spiro atoms. The molecule has 0 aliphatic carbocycles. The van der Waals surface area contributed by atoms with Crippen LogP contribution in [-0.4, -0.2) is 17.2 Å². The zero-order chi connectivity index (χ0) is 16.4. The molecule has 1 N–H and O–H groups in total. The molecule has 0 saturated carbocycles. The number of fused-ring (bicyclic) bond motifs is 1. The summed E-state index contributed by atoms with van der Waals surface area (Å²) in [5, 5.41) is 9.28. The molecule has 5 heteroatoms. The summed E-state index contributed by atoms with van der Waals surface area (Å²) in [4.78, 5) is 23.4. The van der Waals surface area contributed by atoms with Crippen LogP contribution in [-0.2, 0) is 4.79 Å². The van der Waals surface area contributed by atoms with E-state index in [0.29, 0.717) is 22.3 Å². The fourth-order valence-corrected chi connectivity index (χ4v) is 2.25. The van der Waals surface area contributed by atoms with Gasteiger partial charge in [0.25, 0.3) is 0 Å². The number of aliphatic carboxylic acids is 1. The Hall–Kier alpha value is -3.08. The van der Waals surface area contributed by atoms with Gasteiger partial charge in [-0.25, -0.2) is 4.79 Å². The highest BCUT2D eigenvalue weighted by molar-refractivity contribution is 5.82. The maximum absolute atomic E-state index is 12.6. The van der Waals surface area contributed by atoms with E-state index in [2.05, 4.69) is 0 Å². The first-order valence-corrected chi connectivity index (χ1v) is 7.06. The van der Waals surface area contributed by atoms with Crippen LogP contribution in [0.1, 0.15) is 6.92 Å². The van der Waals surface area contributed by atoms with Crippen LogP contribution in [0.2, 0.25) is 0 Å². The maximum atomic E-state index is 12.6. The van der Waals surface area contributed by atoms with E-state index in [9.17, 15) is 9.59 Å². The standard InChI is InChI=1S/C18H14O5/c1-11(18(20)21)23-13-7-8-14-16(9-13)22-10-15(17(14)19)12-5-3-2-4-6-12/h2-11H,1H3,(H,20,21)/t11-/m1/s1. The van der Waals surface area contributed by atoms with E-state index in [1.54, 1.807) is 12.1 Å². The Kier molecular flexibility index (Phi) is 3.85. The Bertz CT molecular complexity index is 912. The van der Waals surface area contributed by atoms with Gasteiger partial charge in [0.05, 0.1) is 10.9 Å². The Morgan fingerprint density at radius 2 is 1.91 bits per heavy atom. The van der Waals surface area contributed by atoms with Gasteiger partial charge in [-0.1, -0.05) is 30.3 Å². The lowest BCUT2D eigenvalue weighted by Gasteiger charge is -2.10. The highest BCUT2D eigenvalue weighted by Gasteiger charge is 2.14. The number of rotatable bonds is 4. The molecule has 0 saturated heterocycles. The molecule has 3 rings (SSSR count). The summed E-state index contributed by atoms with van der Waals surface area (Å²) >= 11 is 0. The topological polar surface area (TPSA) is 76.7 Å². The summed E-state index contributed by atoms with van der Waals surface area (Å²) in [6, 6.07) is 13.9. The minimum Gasteiger partial charge on any atom is -0.479 e. The van der Waals surface area contributed by atoms with E-state index < -0.39 is 12.1 Å². The number of benzene rings is 2. The molecule has 0 aliphatic heterocycles. The average Bonchev–Trinajstić information content (AvgIpc) is 2.56. The molecule has 0 bridgehead atoms. The van der Waals surface area contributed by atoms with Crippen molar-refractivity contribution in [1.82, 2.24) is 0 Å². The van der Waals surface area contributed by atoms with Crippen LogP contribution in [0.15, 0.2) is 64.0 Å². The third-order valence-electron chi connectivity index (χ3n) is 3.49. The zero-order valence-corrected chi connectivity index (χ0v) is 12.4. The molecule has 0 radical (unpaired) electrons. The van der Waals surface area contributed by atoms with Crippen molar-refractivity contribution in [3.05, 3.63) is 65.0 Å². The van der Waals surface area contributed by atoms with Crippen LogP contribution >= 0.6 is 0 Å². The molecule has 2 aromatic carbocycles. The molecule has 1 atom stereocenters. The number of hydrogen-bond acceptors (Lipinski definition) is 4. The fourth-order valence-electron chi connectivity index (χ4n) is 2.25. The predicted molar refractivity (Wildman–Crippen MR) is 85.6 cm³/mol. The van der Waals surface area contributed by atoms with E-state index in [0.717, 1.165) is 5.56 Å². The van der Waals surface area contributed by atoms with Gasteiger partial charge in [0.2, 0.25) is 0 Å². The first kappa shape index (κ1) is 14.8. The largest absolute Gasteiger partial charge is 0.479 e. The van der Waals surface area contributed by atoms with Crippen molar-refractivity contribution in [2.24, 2.45) is 0 Å². The smallest absolute Gasteiger partial charge is 0.344 e. The van der Waals surface area contributed by atoms with Crippen molar-refractivity contribution in [2.75, 3.05) is 0 Å². The van der Waals surface area contributed by atoms with Crippen LogP contribution in [0, 0.1) is 0 Å². The van der Waals surface area contributed by atoms with Gasteiger partial charge in [0.1, 0.15) is 17.6 Å². The minimum absolute atomic E-state index is 0.143. The third-order valence-corrected chi connectivity index (χ3v) is 3.49. The number of carboxylic acids is 1. The fraction of sp³-hybridized carbons (Fsp3) is 0.111. The van der Waals surface area contributed by atoms with Gasteiger partial charge in [-0.15, -0.1) is 0 Å². The Morgan fingerprint density at radius 1 is 1.17 bits per heavy atom. The van der Waals surface area contributed by atoms with Gasteiger partial charge >= 0.3 is 5.97 Å². The molecule has 0 fully saturated rings. The quantitative estimate of drug-likeness (QED) is 0.800. The number of hydrogen-bond donors (Lipinski definition) is 1. The highest BCUT2D eigenvalue weighted by Crippen LogP contribution is 2.23. The lowest BCUT2D eigenvalue weighted by atomic mass is 10.1. The second-order valence-electron chi connectivity index (χ2n) is 5.10. The minimum atomic E-state index is -1.06. The summed E-state index contributed by atoms with van der Waals surface area (Å²) in [6.07, 6.45) is 0.424. The van der Waals surface area contributed by atoms with Gasteiger partial charge < -0.3 is 14.3 Å². The van der Waals surface area contributed by atoms with Crippen LogP contribution in [0.5, 0.6) is 5.75 Å². The van der Waals surface area contributed by atoms with Crippen molar-refractivity contribution < 1.29 is 19.1 Å². The van der Waals surface area contributed by atoms with Crippen LogP contribution < -0.4 is 10.2 Å². The number of carboxylic acid groups (broad SMARTS) is 1. The average molecular weight is 310 g/mol. The Labute approximate surface area is 131 Å². The van der Waals surface area contributed by atoms with Gasteiger partial charge in [-0.05, 0) is 24.6 Å². The normalized spacial score (nSPS) is 12.0. The van der Waals surface area contributed by atoms with Crippen LogP contribution in [0.3, 0.4) is 0 Å². The van der Waals surface area contributed by atoms with E-state index in [4.69, 9.17) is 14.3 Å². The molecule has 0 unspecified atom stereocenters. The second kappa shape index (κ2) is 5.96. The number of carbonyl (C=O) groups is 1. The van der Waals surface area contributed by atoms with Gasteiger partial charge in [-0.3, -0.25) is 4.79 Å². The highest BCUT2D eigenvalue weighted by atomic mass is 16.5. The summed E-state index contributed by atoms with van der Waals surface area (Å²) in [5.41, 5.74) is 1.47. The molecule has 5 nitrogen and oxygen atoms in total. The molecule has 3 aromatic rings. The van der Waals surface area contributed by atoms with Crippen molar-refractivity contribution >= 4 is 16.9 Å². The predicted octanol–water partition coefficient (Wildman–Crippen LogP) is 3.31. The molecule has 1 heterocycles. The lowest BCUT2D eigenvalue weighted by Crippen LogP contribution is -2.22. The van der Waals surface area contributed by atoms with Crippen molar-refractivity contribution in [3.63, 3.8) is 0 Å². The maximum Gasteiger partial charge on any atom is 0.344 e. The van der Waals surface area contributed by atoms with Gasteiger partial charge in [0, 0.05) is 6.07 Å². The lowest BCUT2D eigenvalue weighted by molar-refractivity contribution is -0.144. The molecule has 1 aromatic heterocycles. The van der Waals surface area contributed by atoms with E-state index in [1.807, 2.05) is 30.3 Å². The second-order valence-corrected chi connectivity index (χ2v) is 5.10. The van der Waals surface area contributed by atoms with E-state index in [1.165, 1.54) is 19.3 Å². The Balaban J connectivity index is 2.03. The monoisotopic (exact) mass is 310 g/mol. The first-order chi connectivity index (χ1) is 11.1. The summed E-state index contributed by atoms with van der Waals surface area (Å²) in [7, 11) is 0. The third kappa shape index (κ3) is 2.94. The summed E-state index contributed by atoms with van der Waals surface area (Å²) in [5.74, 6) is -0.728. The van der Waals surface area contributed by atoms with Gasteiger partial charge in [0.15, 0.2) is 11.5 Å². The molecular formula is C18H14O5. The van der Waals surface area contributed by atoms with E-state index in [-0.39, 0.29) is 5.43 Å². The molecule has 0 amide bonds. The molecule has 23 heavy (non-hydrogen) atoms. The SMILES string of the molecule is C[C@@H](Oc1ccc2c(=O)c(-c3ccccc3)coc2c1)C(=O)O. The molecular weight excluding hydrogens is 296 g/mol. The molecule has 0 aliphatic rings. The van der Waals surface area contributed by atoms with Crippen molar-refractivity contribution in [3.8, 4) is 16.9 Å². The summed E-state index contributed by atoms with van der Waals surface area (Å²) < 4.78 is 10.8. The van der Waals surface area contributed by atoms with Crippen LogP contribution in [0.25, 0.3) is 22.1 Å². The zero-order valence-electron chi connectivity index (χ0n) is 12.4. The summed E-state index contributed by atoms with van der Waals surface area (Å²) in [6.45, 7) is 1.43. The number of ether oxygens (including phenoxy) is 1. The van der Waals surface area contributed by atoms with Crippen molar-refractivity contribution in [1.29, 1.82) is 0 Å². The van der Waals surface area contributed by atoms with E-state index >= 15 is 0 Å².